The molecular weight excluding hydrogens is 244 g/mol. The van der Waals surface area contributed by atoms with Gasteiger partial charge in [-0.25, -0.2) is 0 Å². The van der Waals surface area contributed by atoms with Gasteiger partial charge in [0.1, 0.15) is 0 Å². The van der Waals surface area contributed by atoms with Crippen molar-refractivity contribution in [1.82, 2.24) is 9.80 Å². The maximum Gasteiger partial charge on any atom is 0.307 e. The zero-order chi connectivity index (χ0) is 14.4. The highest BCUT2D eigenvalue weighted by atomic mass is 16.4. The third kappa shape index (κ3) is 4.82. The summed E-state index contributed by atoms with van der Waals surface area (Å²) >= 11 is 0. The first-order valence-electron chi connectivity index (χ1n) is 7.20. The van der Waals surface area contributed by atoms with E-state index in [0.29, 0.717) is 25.7 Å². The fourth-order valence-electron chi connectivity index (χ4n) is 2.52. The van der Waals surface area contributed by atoms with Crippen molar-refractivity contribution < 1.29 is 14.7 Å². The van der Waals surface area contributed by atoms with Crippen LogP contribution in [0.1, 0.15) is 40.0 Å². The Morgan fingerprint density at radius 2 is 2.11 bits per heavy atom. The predicted molar refractivity (Wildman–Crippen MR) is 73.9 cm³/mol. The van der Waals surface area contributed by atoms with Crippen LogP contribution >= 0.6 is 0 Å². The summed E-state index contributed by atoms with van der Waals surface area (Å²) in [6.45, 7) is 8.03. The minimum absolute atomic E-state index is 0.131. The lowest BCUT2D eigenvalue weighted by Crippen LogP contribution is -2.47. The zero-order valence-electron chi connectivity index (χ0n) is 12.3. The maximum atomic E-state index is 12.3. The number of aliphatic carboxylic acids is 1. The van der Waals surface area contributed by atoms with Crippen LogP contribution in [-0.2, 0) is 9.59 Å². The largest absolute Gasteiger partial charge is 0.481 e. The van der Waals surface area contributed by atoms with E-state index in [1.807, 2.05) is 16.7 Å². The van der Waals surface area contributed by atoms with Crippen LogP contribution < -0.4 is 0 Å². The molecule has 2 atom stereocenters. The second-order valence-electron chi connectivity index (χ2n) is 5.50. The first-order chi connectivity index (χ1) is 8.95. The molecule has 0 aromatic heterocycles. The highest BCUT2D eigenvalue weighted by Crippen LogP contribution is 2.16. The van der Waals surface area contributed by atoms with Crippen LogP contribution in [0.5, 0.6) is 0 Å². The van der Waals surface area contributed by atoms with E-state index in [-0.39, 0.29) is 5.91 Å². The first-order valence-corrected chi connectivity index (χ1v) is 7.20. The number of carbonyl (C=O) groups is 2. The molecule has 2 unspecified atom stereocenters. The Bertz CT molecular complexity index is 320. The molecule has 5 heteroatoms. The molecule has 0 bridgehead atoms. The third-order valence-electron chi connectivity index (χ3n) is 3.88. The highest BCUT2D eigenvalue weighted by molar-refractivity contribution is 5.78. The van der Waals surface area contributed by atoms with Crippen LogP contribution in [0, 0.1) is 5.92 Å². The highest BCUT2D eigenvalue weighted by Gasteiger charge is 2.25. The number of likely N-dealkylation sites (N-methyl/N-ethyl adjacent to an activating group) is 1. The summed E-state index contributed by atoms with van der Waals surface area (Å²) < 4.78 is 0. The van der Waals surface area contributed by atoms with Gasteiger partial charge in [0, 0.05) is 19.1 Å². The number of likely N-dealkylation sites (tertiary alicyclic amines) is 1. The molecule has 110 valence electrons. The Labute approximate surface area is 115 Å². The number of piperidine rings is 1. The molecule has 0 aliphatic carbocycles. The minimum Gasteiger partial charge on any atom is -0.481 e. The normalized spacial score (nSPS) is 21.5. The maximum absolute atomic E-state index is 12.3. The molecule has 0 aromatic carbocycles. The fraction of sp³-hybridized carbons (Fsp3) is 0.857. The molecule has 1 aliphatic rings. The van der Waals surface area contributed by atoms with E-state index in [0.717, 1.165) is 19.4 Å². The van der Waals surface area contributed by atoms with Crippen LogP contribution in [0.15, 0.2) is 0 Å². The van der Waals surface area contributed by atoms with Crippen LogP contribution in [0.3, 0.4) is 0 Å². The van der Waals surface area contributed by atoms with Gasteiger partial charge in [-0.1, -0.05) is 13.8 Å². The van der Waals surface area contributed by atoms with Crippen LogP contribution in [0.2, 0.25) is 0 Å². The molecule has 5 nitrogen and oxygen atoms in total. The van der Waals surface area contributed by atoms with Gasteiger partial charge in [-0.2, -0.15) is 0 Å². The van der Waals surface area contributed by atoms with Gasteiger partial charge in [0.25, 0.3) is 0 Å². The van der Waals surface area contributed by atoms with Crippen molar-refractivity contribution in [3.63, 3.8) is 0 Å². The van der Waals surface area contributed by atoms with Gasteiger partial charge < -0.3 is 10.0 Å². The molecule has 1 heterocycles. The van der Waals surface area contributed by atoms with Crippen molar-refractivity contribution in [3.8, 4) is 0 Å². The van der Waals surface area contributed by atoms with E-state index < -0.39 is 11.9 Å². The monoisotopic (exact) mass is 270 g/mol. The molecule has 0 aromatic rings. The van der Waals surface area contributed by atoms with Gasteiger partial charge in [0.05, 0.1) is 12.5 Å². The lowest BCUT2D eigenvalue weighted by atomic mass is 10.0. The molecule has 0 spiro atoms. The van der Waals surface area contributed by atoms with Crippen LogP contribution in [0.25, 0.3) is 0 Å². The summed E-state index contributed by atoms with van der Waals surface area (Å²) in [5.41, 5.74) is 0. The number of carboxylic acid groups (broad SMARTS) is 1. The molecule has 1 amide bonds. The first kappa shape index (κ1) is 16.0. The van der Waals surface area contributed by atoms with Gasteiger partial charge in [-0.3, -0.25) is 14.5 Å². The number of nitrogens with zero attached hydrogens (tertiary/aromatic N) is 2. The lowest BCUT2D eigenvalue weighted by Gasteiger charge is -2.35. The molecule has 1 saturated heterocycles. The number of hydrogen-bond donors (Lipinski definition) is 1. The Morgan fingerprint density at radius 1 is 1.42 bits per heavy atom. The quantitative estimate of drug-likeness (QED) is 0.793. The smallest absolute Gasteiger partial charge is 0.307 e. The van der Waals surface area contributed by atoms with Crippen molar-refractivity contribution in [2.24, 2.45) is 5.92 Å². The molecule has 19 heavy (non-hydrogen) atoms. The Balaban J connectivity index is 2.50. The summed E-state index contributed by atoms with van der Waals surface area (Å²) in [7, 11) is 0. The van der Waals surface area contributed by atoms with E-state index in [1.165, 1.54) is 6.42 Å². The van der Waals surface area contributed by atoms with Gasteiger partial charge in [-0.05, 0) is 32.7 Å². The summed E-state index contributed by atoms with van der Waals surface area (Å²) in [6, 6.07) is 0.317. The Kier molecular flexibility index (Phi) is 6.28. The average molecular weight is 270 g/mol. The minimum atomic E-state index is -0.808. The SMILES string of the molecule is CCN(CC(=O)N1CCCCC1C)CC(C)C(=O)O. The van der Waals surface area contributed by atoms with E-state index in [2.05, 4.69) is 6.92 Å². The Hall–Kier alpha value is -1.10. The molecule has 1 fully saturated rings. The number of hydrogen-bond acceptors (Lipinski definition) is 3. The van der Waals surface area contributed by atoms with Crippen molar-refractivity contribution in [1.29, 1.82) is 0 Å². The molecule has 1 N–H and O–H groups in total. The fourth-order valence-corrected chi connectivity index (χ4v) is 2.52. The van der Waals surface area contributed by atoms with Crippen molar-refractivity contribution >= 4 is 11.9 Å². The van der Waals surface area contributed by atoms with Crippen molar-refractivity contribution in [3.05, 3.63) is 0 Å². The second-order valence-corrected chi connectivity index (χ2v) is 5.50. The standard InChI is InChI=1S/C14H26N2O3/c1-4-15(9-11(2)14(18)19)10-13(17)16-8-6-5-7-12(16)3/h11-12H,4-10H2,1-3H3,(H,18,19). The molecular formula is C14H26N2O3. The van der Waals surface area contributed by atoms with Crippen LogP contribution in [0.4, 0.5) is 0 Å². The zero-order valence-corrected chi connectivity index (χ0v) is 12.3. The van der Waals surface area contributed by atoms with Gasteiger partial charge in [0.15, 0.2) is 0 Å². The second kappa shape index (κ2) is 7.48. The summed E-state index contributed by atoms with van der Waals surface area (Å²) in [6.07, 6.45) is 3.34. The molecule has 1 aliphatic heterocycles. The Morgan fingerprint density at radius 3 is 2.63 bits per heavy atom. The number of amides is 1. The third-order valence-corrected chi connectivity index (χ3v) is 3.88. The van der Waals surface area contributed by atoms with Gasteiger partial charge in [0.2, 0.25) is 5.91 Å². The number of rotatable bonds is 6. The predicted octanol–water partition coefficient (Wildman–Crippen LogP) is 1.43. The van der Waals surface area contributed by atoms with Gasteiger partial charge >= 0.3 is 5.97 Å². The average Bonchev–Trinajstić information content (AvgIpc) is 2.37. The molecule has 1 rings (SSSR count). The summed E-state index contributed by atoms with van der Waals surface area (Å²) in [4.78, 5) is 27.0. The topological polar surface area (TPSA) is 60.9 Å². The lowest BCUT2D eigenvalue weighted by molar-refractivity contribution is -0.143. The number of carboxylic acids is 1. The van der Waals surface area contributed by atoms with Crippen molar-refractivity contribution in [2.75, 3.05) is 26.2 Å². The summed E-state index contributed by atoms with van der Waals surface area (Å²) in [5, 5.41) is 8.93. The van der Waals surface area contributed by atoms with E-state index in [9.17, 15) is 9.59 Å². The number of carbonyl (C=O) groups excluding carboxylic acids is 1. The van der Waals surface area contributed by atoms with Crippen molar-refractivity contribution in [2.45, 2.75) is 46.1 Å². The van der Waals surface area contributed by atoms with E-state index in [4.69, 9.17) is 5.11 Å². The van der Waals surface area contributed by atoms with E-state index >= 15 is 0 Å². The summed E-state index contributed by atoms with van der Waals surface area (Å²) in [5.74, 6) is -1.12. The molecule has 0 radical (unpaired) electrons. The van der Waals surface area contributed by atoms with Gasteiger partial charge in [-0.15, -0.1) is 0 Å². The molecule has 0 saturated carbocycles. The van der Waals surface area contributed by atoms with E-state index in [1.54, 1.807) is 6.92 Å². The van der Waals surface area contributed by atoms with Crippen LogP contribution in [-0.4, -0.2) is 59.0 Å².